The van der Waals surface area contributed by atoms with Crippen LogP contribution in [-0.2, 0) is 5.75 Å². The van der Waals surface area contributed by atoms with E-state index in [0.29, 0.717) is 11.3 Å². The molecule has 0 aromatic heterocycles. The number of rotatable bonds is 6. The minimum absolute atomic E-state index is 0.161. The minimum atomic E-state index is -0.463. The quantitative estimate of drug-likeness (QED) is 0.558. The van der Waals surface area contributed by atoms with Gasteiger partial charge in [0.1, 0.15) is 11.6 Å². The number of hydrogen-bond donors (Lipinski definition) is 1. The van der Waals surface area contributed by atoms with E-state index in [-0.39, 0.29) is 11.6 Å². The van der Waals surface area contributed by atoms with Gasteiger partial charge >= 0.3 is 0 Å². The fraction of sp³-hybridized carbons (Fsp3) is 0.136. The van der Waals surface area contributed by atoms with Gasteiger partial charge in [0.2, 0.25) is 0 Å². The molecule has 0 atom stereocenters. The van der Waals surface area contributed by atoms with Crippen molar-refractivity contribution < 1.29 is 13.9 Å². The smallest absolute Gasteiger partial charge is 0.255 e. The maximum absolute atomic E-state index is 13.8. The Morgan fingerprint density at radius 2 is 1.81 bits per heavy atom. The maximum atomic E-state index is 13.8. The number of carbonyl (C=O) groups is 1. The van der Waals surface area contributed by atoms with Crippen LogP contribution in [0.25, 0.3) is 0 Å². The fourth-order valence-electron chi connectivity index (χ4n) is 2.59. The summed E-state index contributed by atoms with van der Waals surface area (Å²) in [6, 6.07) is 19.6. The first-order valence-electron chi connectivity index (χ1n) is 8.49. The normalized spacial score (nSPS) is 10.5. The molecular weight excluding hydrogens is 361 g/mol. The van der Waals surface area contributed by atoms with E-state index in [1.54, 1.807) is 49.2 Å². The summed E-state index contributed by atoms with van der Waals surface area (Å²) in [6.45, 7) is 2.05. The van der Waals surface area contributed by atoms with Crippen molar-refractivity contribution in [2.75, 3.05) is 12.4 Å². The van der Waals surface area contributed by atoms with E-state index < -0.39 is 5.82 Å². The number of hydrogen-bond acceptors (Lipinski definition) is 3. The van der Waals surface area contributed by atoms with Crippen LogP contribution in [0, 0.1) is 12.7 Å². The summed E-state index contributed by atoms with van der Waals surface area (Å²) in [7, 11) is 1.61. The van der Waals surface area contributed by atoms with Crippen molar-refractivity contribution in [2.45, 2.75) is 17.6 Å². The van der Waals surface area contributed by atoms with Crippen LogP contribution < -0.4 is 10.1 Å². The first-order chi connectivity index (χ1) is 13.1. The Hall–Kier alpha value is -2.79. The Labute approximate surface area is 162 Å². The predicted molar refractivity (Wildman–Crippen MR) is 108 cm³/mol. The van der Waals surface area contributed by atoms with E-state index in [4.69, 9.17) is 4.74 Å². The van der Waals surface area contributed by atoms with E-state index in [9.17, 15) is 9.18 Å². The van der Waals surface area contributed by atoms with Gasteiger partial charge in [-0.2, -0.15) is 0 Å². The highest BCUT2D eigenvalue weighted by Gasteiger charge is 2.12. The van der Waals surface area contributed by atoms with Crippen LogP contribution in [0.3, 0.4) is 0 Å². The molecule has 1 amide bonds. The minimum Gasteiger partial charge on any atom is -0.496 e. The summed E-state index contributed by atoms with van der Waals surface area (Å²) in [4.78, 5) is 13.6. The van der Waals surface area contributed by atoms with E-state index in [2.05, 4.69) is 36.5 Å². The summed E-state index contributed by atoms with van der Waals surface area (Å²) in [5.74, 6) is 0.559. The van der Waals surface area contributed by atoms with Crippen molar-refractivity contribution in [2.24, 2.45) is 0 Å². The second kappa shape index (κ2) is 8.73. The Bertz CT molecular complexity index is 941. The standard InChI is InChI=1S/C22H20FNO2S/c1-15-7-10-18(11-8-15)27-14-17-13-16(9-12-21(17)26-2)22(25)24-20-6-4-3-5-19(20)23/h3-13H,14H2,1-2H3,(H,24,25). The van der Waals surface area contributed by atoms with Gasteiger partial charge in [0.05, 0.1) is 12.8 Å². The highest BCUT2D eigenvalue weighted by molar-refractivity contribution is 7.98. The number of thioether (sulfide) groups is 1. The molecule has 0 saturated heterocycles. The molecular formula is C22H20FNO2S. The molecule has 0 fully saturated rings. The number of halogens is 1. The Balaban J connectivity index is 1.77. The number of benzene rings is 3. The van der Waals surface area contributed by atoms with Crippen LogP contribution in [0.2, 0.25) is 0 Å². The molecule has 0 saturated carbocycles. The molecule has 27 heavy (non-hydrogen) atoms. The lowest BCUT2D eigenvalue weighted by Crippen LogP contribution is -2.13. The summed E-state index contributed by atoms with van der Waals surface area (Å²) in [5.41, 5.74) is 2.74. The highest BCUT2D eigenvalue weighted by atomic mass is 32.2. The van der Waals surface area contributed by atoms with Crippen LogP contribution in [0.1, 0.15) is 21.5 Å². The van der Waals surface area contributed by atoms with Crippen LogP contribution >= 0.6 is 11.8 Å². The summed E-state index contributed by atoms with van der Waals surface area (Å²) >= 11 is 1.67. The van der Waals surface area contributed by atoms with Crippen molar-refractivity contribution in [1.82, 2.24) is 0 Å². The highest BCUT2D eigenvalue weighted by Crippen LogP contribution is 2.29. The van der Waals surface area contributed by atoms with Gasteiger partial charge in [-0.15, -0.1) is 11.8 Å². The van der Waals surface area contributed by atoms with Crippen molar-refractivity contribution in [3.8, 4) is 5.75 Å². The molecule has 3 aromatic carbocycles. The second-order valence-corrected chi connectivity index (χ2v) is 7.11. The van der Waals surface area contributed by atoms with Gasteiger partial charge in [0.25, 0.3) is 5.91 Å². The monoisotopic (exact) mass is 381 g/mol. The molecule has 1 N–H and O–H groups in total. The van der Waals surface area contributed by atoms with Crippen LogP contribution in [-0.4, -0.2) is 13.0 Å². The van der Waals surface area contributed by atoms with Crippen molar-refractivity contribution in [3.05, 3.63) is 89.2 Å². The van der Waals surface area contributed by atoms with Gasteiger partial charge in [-0.05, 0) is 49.4 Å². The molecule has 0 radical (unpaired) electrons. The maximum Gasteiger partial charge on any atom is 0.255 e. The van der Waals surface area contributed by atoms with E-state index in [1.165, 1.54) is 17.7 Å². The van der Waals surface area contributed by atoms with Gasteiger partial charge in [-0.3, -0.25) is 4.79 Å². The number of amides is 1. The topological polar surface area (TPSA) is 38.3 Å². The zero-order valence-corrected chi connectivity index (χ0v) is 16.0. The molecule has 0 aliphatic carbocycles. The first kappa shape index (κ1) is 19.0. The third kappa shape index (κ3) is 4.89. The van der Waals surface area contributed by atoms with Crippen LogP contribution in [0.4, 0.5) is 10.1 Å². The van der Waals surface area contributed by atoms with Crippen LogP contribution in [0.5, 0.6) is 5.75 Å². The average Bonchev–Trinajstić information content (AvgIpc) is 2.69. The molecule has 5 heteroatoms. The lowest BCUT2D eigenvalue weighted by atomic mass is 10.1. The number of methoxy groups -OCH3 is 1. The molecule has 3 rings (SSSR count). The van der Waals surface area contributed by atoms with E-state index >= 15 is 0 Å². The lowest BCUT2D eigenvalue weighted by molar-refractivity contribution is 0.102. The number of carbonyl (C=O) groups excluding carboxylic acids is 1. The van der Waals surface area contributed by atoms with Gasteiger partial charge < -0.3 is 10.1 Å². The second-order valence-electron chi connectivity index (χ2n) is 6.06. The summed E-state index contributed by atoms with van der Waals surface area (Å²) in [5, 5.41) is 2.61. The Morgan fingerprint density at radius 3 is 2.52 bits per heavy atom. The zero-order chi connectivity index (χ0) is 19.2. The molecule has 0 aliphatic rings. The van der Waals surface area contributed by atoms with Gasteiger partial charge in [-0.25, -0.2) is 4.39 Å². The molecule has 0 bridgehead atoms. The lowest BCUT2D eigenvalue weighted by Gasteiger charge is -2.12. The third-order valence-electron chi connectivity index (χ3n) is 4.08. The molecule has 3 aromatic rings. The van der Waals surface area contributed by atoms with E-state index in [1.807, 2.05) is 0 Å². The Morgan fingerprint density at radius 1 is 1.07 bits per heavy atom. The number of ether oxygens (including phenoxy) is 1. The Kier molecular flexibility index (Phi) is 6.14. The number of nitrogens with one attached hydrogen (secondary N) is 1. The van der Waals surface area contributed by atoms with Gasteiger partial charge in [-0.1, -0.05) is 29.8 Å². The van der Waals surface area contributed by atoms with Gasteiger partial charge in [0.15, 0.2) is 0 Å². The van der Waals surface area contributed by atoms with Crippen molar-refractivity contribution in [3.63, 3.8) is 0 Å². The number of anilines is 1. The van der Waals surface area contributed by atoms with Crippen LogP contribution in [0.15, 0.2) is 71.6 Å². The number of para-hydroxylation sites is 1. The predicted octanol–water partition coefficient (Wildman–Crippen LogP) is 5.69. The molecule has 0 heterocycles. The van der Waals surface area contributed by atoms with Gasteiger partial charge in [0, 0.05) is 21.8 Å². The SMILES string of the molecule is COc1ccc(C(=O)Nc2ccccc2F)cc1CSc1ccc(C)cc1. The number of aryl methyl sites for hydroxylation is 1. The molecule has 138 valence electrons. The van der Waals surface area contributed by atoms with E-state index in [0.717, 1.165) is 16.2 Å². The average molecular weight is 381 g/mol. The molecule has 3 nitrogen and oxygen atoms in total. The summed E-state index contributed by atoms with van der Waals surface area (Å²) in [6.07, 6.45) is 0. The third-order valence-corrected chi connectivity index (χ3v) is 5.14. The van der Waals surface area contributed by atoms with Crippen molar-refractivity contribution in [1.29, 1.82) is 0 Å². The fourth-order valence-corrected chi connectivity index (χ4v) is 3.46. The molecule has 0 aliphatic heterocycles. The zero-order valence-electron chi connectivity index (χ0n) is 15.2. The first-order valence-corrected chi connectivity index (χ1v) is 9.47. The molecule has 0 spiro atoms. The largest absolute Gasteiger partial charge is 0.496 e. The molecule has 0 unspecified atom stereocenters. The summed E-state index contributed by atoms with van der Waals surface area (Å²) < 4.78 is 19.2. The van der Waals surface area contributed by atoms with Crippen molar-refractivity contribution >= 4 is 23.4 Å².